The minimum Gasteiger partial charge on any atom is -0.388 e. The second kappa shape index (κ2) is 11.2. The van der Waals surface area contributed by atoms with Crippen LogP contribution in [0, 0.1) is 23.2 Å². The van der Waals surface area contributed by atoms with Gasteiger partial charge in [-0.05, 0) is 62.5 Å². The Morgan fingerprint density at radius 2 is 1.92 bits per heavy atom. The molecule has 4 N–H and O–H groups in total. The summed E-state index contributed by atoms with van der Waals surface area (Å²) in [6.45, 7) is 5.93. The summed E-state index contributed by atoms with van der Waals surface area (Å²) in [4.78, 5) is 25.4. The third kappa shape index (κ3) is 5.78. The van der Waals surface area contributed by atoms with Crippen LogP contribution < -0.4 is 5.73 Å². The summed E-state index contributed by atoms with van der Waals surface area (Å²) >= 11 is 6.36. The Kier molecular flexibility index (Phi) is 7.89. The van der Waals surface area contributed by atoms with Gasteiger partial charge in [0.1, 0.15) is 22.6 Å². The number of amides is 1. The molecule has 1 atom stereocenters. The van der Waals surface area contributed by atoms with Gasteiger partial charge in [0.15, 0.2) is 5.65 Å². The number of primary amides is 1. The number of carbonyl (C=O) groups excluding carboxylic acids is 1. The number of carbonyl (C=O) groups is 1. The number of hydrogen-bond donors (Lipinski definition) is 3. The van der Waals surface area contributed by atoms with Crippen molar-refractivity contribution in [2.75, 3.05) is 13.2 Å². The van der Waals surface area contributed by atoms with Crippen LogP contribution in [0.25, 0.3) is 22.4 Å². The molecule has 3 heterocycles. The molecule has 1 saturated heterocycles. The average molecular weight is 555 g/mol. The zero-order valence-electron chi connectivity index (χ0n) is 22.3. The zero-order chi connectivity index (χ0) is 27.7. The van der Waals surface area contributed by atoms with Gasteiger partial charge in [0, 0.05) is 30.3 Å². The maximum atomic E-state index is 12.0. The van der Waals surface area contributed by atoms with Gasteiger partial charge in [-0.3, -0.25) is 5.41 Å². The molecular weight excluding hydrogens is 520 g/mol. The Bertz CT molecular complexity index is 1380. The predicted octanol–water partition coefficient (Wildman–Crippen LogP) is 5.03. The van der Waals surface area contributed by atoms with Crippen molar-refractivity contribution in [1.29, 1.82) is 5.41 Å². The molecule has 1 saturated carbocycles. The lowest BCUT2D eigenvalue weighted by Gasteiger charge is -2.36. The molecule has 5 rings (SSSR count). The van der Waals surface area contributed by atoms with E-state index in [0.717, 1.165) is 25.7 Å². The number of rotatable bonds is 6. The fourth-order valence-electron chi connectivity index (χ4n) is 5.90. The molecule has 10 nitrogen and oxygen atoms in total. The summed E-state index contributed by atoms with van der Waals surface area (Å²) in [5.74, 6) is 0.860. The minimum atomic E-state index is -1.25. The zero-order valence-corrected chi connectivity index (χ0v) is 23.1. The Morgan fingerprint density at radius 3 is 2.59 bits per heavy atom. The number of nitrogens with one attached hydrogen (secondary N) is 1. The van der Waals surface area contributed by atoms with Crippen LogP contribution in [0.4, 0.5) is 4.79 Å². The van der Waals surface area contributed by atoms with E-state index in [1.807, 2.05) is 19.1 Å². The lowest BCUT2D eigenvalue weighted by molar-refractivity contribution is -0.0654. The van der Waals surface area contributed by atoms with E-state index in [4.69, 9.17) is 37.2 Å². The molecule has 39 heavy (non-hydrogen) atoms. The number of aliphatic hydroxyl groups is 1. The maximum Gasteiger partial charge on any atom is 0.411 e. The summed E-state index contributed by atoms with van der Waals surface area (Å²) in [7, 11) is 0. The highest BCUT2D eigenvalue weighted by Crippen LogP contribution is 2.40. The highest BCUT2D eigenvalue weighted by Gasteiger charge is 2.40. The third-order valence-corrected chi connectivity index (χ3v) is 8.39. The Balaban J connectivity index is 1.73. The number of aromatic nitrogens is 4. The van der Waals surface area contributed by atoms with Crippen molar-refractivity contribution >= 4 is 34.8 Å². The van der Waals surface area contributed by atoms with E-state index in [-0.39, 0.29) is 11.7 Å². The monoisotopic (exact) mass is 554 g/mol. The standard InChI is InChI=1S/C28H35ClN6O4/c1-16-6-8-17(9-7-16)15-35-22-21(18-4-3-5-20(29)14-18)32-25(23(30)39-27(31)36)33-24(22)34-26(35)28(2,37)19-10-12-38-13-11-19/h3-5,14,16-17,19,30,37H,6-13,15H2,1-2H3,(H2,31,36). The van der Waals surface area contributed by atoms with Crippen LogP contribution in [0.2, 0.25) is 5.02 Å². The van der Waals surface area contributed by atoms with Gasteiger partial charge in [-0.1, -0.05) is 43.5 Å². The summed E-state index contributed by atoms with van der Waals surface area (Å²) in [5.41, 5.74) is 6.03. The number of imidazole rings is 1. The first-order valence-electron chi connectivity index (χ1n) is 13.5. The first-order valence-corrected chi connectivity index (χ1v) is 13.9. The van der Waals surface area contributed by atoms with Gasteiger partial charge in [-0.2, -0.15) is 0 Å². The number of nitrogens with zero attached hydrogens (tertiary/aromatic N) is 4. The number of hydrogen-bond acceptors (Lipinski definition) is 8. The first-order chi connectivity index (χ1) is 18.6. The van der Waals surface area contributed by atoms with Crippen molar-refractivity contribution in [1.82, 2.24) is 19.5 Å². The van der Waals surface area contributed by atoms with E-state index in [2.05, 4.69) is 21.5 Å². The van der Waals surface area contributed by atoms with Crippen LogP contribution in [0.1, 0.15) is 64.0 Å². The summed E-state index contributed by atoms with van der Waals surface area (Å²) < 4.78 is 12.4. The number of nitrogens with two attached hydrogens (primary N) is 1. The van der Waals surface area contributed by atoms with Crippen molar-refractivity contribution in [3.8, 4) is 11.3 Å². The van der Waals surface area contributed by atoms with E-state index in [9.17, 15) is 9.90 Å². The molecule has 1 aliphatic carbocycles. The molecule has 3 aromatic rings. The quantitative estimate of drug-likeness (QED) is 0.286. The highest BCUT2D eigenvalue weighted by molar-refractivity contribution is 6.30. The van der Waals surface area contributed by atoms with E-state index >= 15 is 0 Å². The Hall–Kier alpha value is -3.08. The van der Waals surface area contributed by atoms with Crippen LogP contribution in [0.3, 0.4) is 0 Å². The third-order valence-electron chi connectivity index (χ3n) is 8.15. The second-order valence-corrected chi connectivity index (χ2v) is 11.5. The van der Waals surface area contributed by atoms with Crippen molar-refractivity contribution in [2.24, 2.45) is 23.5 Å². The second-order valence-electron chi connectivity index (χ2n) is 11.0. The molecule has 11 heteroatoms. The summed E-state index contributed by atoms with van der Waals surface area (Å²) in [6, 6.07) is 7.23. The SMILES string of the molecule is CC1CCC(Cn2c(C(C)(O)C3CCOCC3)nc3nc(C(=N)OC(N)=O)nc(-c4cccc(Cl)c4)c32)CC1. The molecule has 2 aromatic heterocycles. The predicted molar refractivity (Wildman–Crippen MR) is 148 cm³/mol. The van der Waals surface area contributed by atoms with Crippen molar-refractivity contribution in [3.05, 3.63) is 40.9 Å². The van der Waals surface area contributed by atoms with Gasteiger partial charge in [-0.15, -0.1) is 0 Å². The van der Waals surface area contributed by atoms with Crippen LogP contribution in [0.15, 0.2) is 24.3 Å². The van der Waals surface area contributed by atoms with Gasteiger partial charge >= 0.3 is 6.09 Å². The first kappa shape index (κ1) is 27.5. The van der Waals surface area contributed by atoms with Crippen molar-refractivity contribution < 1.29 is 19.4 Å². The largest absolute Gasteiger partial charge is 0.411 e. The van der Waals surface area contributed by atoms with Gasteiger partial charge in [0.25, 0.3) is 5.90 Å². The Labute approximate surface area is 232 Å². The Morgan fingerprint density at radius 1 is 1.21 bits per heavy atom. The van der Waals surface area contributed by atoms with Crippen LogP contribution >= 0.6 is 11.6 Å². The van der Waals surface area contributed by atoms with Gasteiger partial charge < -0.3 is 24.9 Å². The number of benzene rings is 1. The minimum absolute atomic E-state index is 0.0493. The van der Waals surface area contributed by atoms with Gasteiger partial charge in [-0.25, -0.2) is 19.7 Å². The van der Waals surface area contributed by atoms with Crippen LogP contribution in [-0.4, -0.2) is 49.8 Å². The van der Waals surface area contributed by atoms with Gasteiger partial charge in [0.2, 0.25) is 5.82 Å². The smallest absolute Gasteiger partial charge is 0.388 e. The molecule has 208 valence electrons. The molecule has 0 radical (unpaired) electrons. The van der Waals surface area contributed by atoms with E-state index in [1.54, 1.807) is 12.1 Å². The molecule has 2 fully saturated rings. The lowest BCUT2D eigenvalue weighted by atomic mass is 9.81. The molecule has 0 spiro atoms. The summed E-state index contributed by atoms with van der Waals surface area (Å²) in [6.07, 6.45) is 4.79. The van der Waals surface area contributed by atoms with Gasteiger partial charge in [0.05, 0.1) is 0 Å². The number of fused-ring (bicyclic) bond motifs is 1. The van der Waals surface area contributed by atoms with Crippen LogP contribution in [-0.2, 0) is 21.6 Å². The van der Waals surface area contributed by atoms with E-state index < -0.39 is 17.6 Å². The number of halogens is 1. The molecule has 1 unspecified atom stereocenters. The molecule has 0 bridgehead atoms. The normalized spacial score (nSPS) is 21.9. The fraction of sp³-hybridized carbons (Fsp3) is 0.536. The molecule has 1 amide bonds. The van der Waals surface area contributed by atoms with E-state index in [1.165, 1.54) is 0 Å². The average Bonchev–Trinajstić information content (AvgIpc) is 3.28. The molecular formula is C28H35ClN6O4. The molecule has 2 aliphatic rings. The van der Waals surface area contributed by atoms with E-state index in [0.29, 0.717) is 77.7 Å². The number of ether oxygens (including phenoxy) is 2. The highest BCUT2D eigenvalue weighted by atomic mass is 35.5. The van der Waals surface area contributed by atoms with Crippen molar-refractivity contribution in [2.45, 2.75) is 64.5 Å². The lowest BCUT2D eigenvalue weighted by Crippen LogP contribution is -2.38. The van der Waals surface area contributed by atoms with Crippen LogP contribution in [0.5, 0.6) is 0 Å². The fourth-order valence-corrected chi connectivity index (χ4v) is 6.09. The van der Waals surface area contributed by atoms with Crippen molar-refractivity contribution in [3.63, 3.8) is 0 Å². The molecule has 1 aliphatic heterocycles. The summed E-state index contributed by atoms with van der Waals surface area (Å²) in [5, 5.41) is 20.8. The molecule has 1 aromatic carbocycles. The maximum absolute atomic E-state index is 12.0. The topological polar surface area (TPSA) is 149 Å².